The Morgan fingerprint density at radius 2 is 1.93 bits per heavy atom. The summed E-state index contributed by atoms with van der Waals surface area (Å²) in [6.45, 7) is 9.07. The number of rotatable bonds is 3. The SMILES string of the molecule is COC(=O)c1coc(-c2coc([C@@H]3COC(C)(C)N3C(=O)OC(C)(C)C)n2)n1. The summed E-state index contributed by atoms with van der Waals surface area (Å²) in [6, 6.07) is -0.589. The molecule has 1 atom stereocenters. The number of oxazole rings is 2. The van der Waals surface area contributed by atoms with Crippen LogP contribution in [0.3, 0.4) is 0 Å². The van der Waals surface area contributed by atoms with Crippen molar-refractivity contribution in [2.24, 2.45) is 0 Å². The van der Waals surface area contributed by atoms with Crippen molar-refractivity contribution >= 4 is 12.1 Å². The summed E-state index contributed by atoms with van der Waals surface area (Å²) < 4.78 is 26.6. The number of nitrogens with zero attached hydrogens (tertiary/aromatic N) is 3. The zero-order chi connectivity index (χ0) is 20.7. The summed E-state index contributed by atoms with van der Waals surface area (Å²) in [4.78, 5) is 34.1. The lowest BCUT2D eigenvalue weighted by Gasteiger charge is -2.34. The van der Waals surface area contributed by atoms with Gasteiger partial charge < -0.3 is 23.0 Å². The molecule has 0 unspecified atom stereocenters. The Morgan fingerprint density at radius 3 is 2.57 bits per heavy atom. The highest BCUT2D eigenvalue weighted by molar-refractivity contribution is 5.87. The van der Waals surface area contributed by atoms with Gasteiger partial charge in [0.25, 0.3) is 0 Å². The number of hydrogen-bond donors (Lipinski definition) is 0. The van der Waals surface area contributed by atoms with E-state index in [1.807, 2.05) is 0 Å². The van der Waals surface area contributed by atoms with Gasteiger partial charge in [-0.15, -0.1) is 0 Å². The molecule has 3 rings (SSSR count). The topological polar surface area (TPSA) is 117 Å². The molecule has 0 aromatic carbocycles. The van der Waals surface area contributed by atoms with Gasteiger partial charge in [-0.25, -0.2) is 19.6 Å². The standard InChI is InChI=1S/C18H23N3O7/c1-17(2,3)28-16(23)21-12(9-27-18(21,4)5)14-19-10(7-26-14)13-20-11(8-25-13)15(22)24-6/h7-8,12H,9H2,1-6H3/t12-/m0/s1. The smallest absolute Gasteiger partial charge is 0.413 e. The molecule has 3 heterocycles. The van der Waals surface area contributed by atoms with Crippen molar-refractivity contribution in [2.45, 2.75) is 52.0 Å². The molecule has 0 N–H and O–H groups in total. The van der Waals surface area contributed by atoms with Crippen molar-refractivity contribution in [3.63, 3.8) is 0 Å². The molecule has 1 saturated heterocycles. The van der Waals surface area contributed by atoms with Gasteiger partial charge in [0.15, 0.2) is 11.4 Å². The Labute approximate surface area is 161 Å². The van der Waals surface area contributed by atoms with E-state index >= 15 is 0 Å². The number of aromatic nitrogens is 2. The average Bonchev–Trinajstić information content (AvgIpc) is 3.29. The predicted molar refractivity (Wildman–Crippen MR) is 94.2 cm³/mol. The fraction of sp³-hybridized carbons (Fsp3) is 0.556. The number of carbonyl (C=O) groups is 2. The van der Waals surface area contributed by atoms with Crippen molar-refractivity contribution < 1.29 is 32.6 Å². The Balaban J connectivity index is 1.86. The third-order valence-corrected chi connectivity index (χ3v) is 4.00. The molecule has 1 aliphatic heterocycles. The molecule has 0 spiro atoms. The first-order valence-electron chi connectivity index (χ1n) is 8.68. The largest absolute Gasteiger partial charge is 0.464 e. The van der Waals surface area contributed by atoms with Crippen LogP contribution in [0.1, 0.15) is 57.0 Å². The van der Waals surface area contributed by atoms with Gasteiger partial charge in [0.05, 0.1) is 13.7 Å². The maximum Gasteiger partial charge on any atom is 0.413 e. The minimum absolute atomic E-state index is 0.0164. The van der Waals surface area contributed by atoms with Crippen LogP contribution < -0.4 is 0 Å². The fourth-order valence-corrected chi connectivity index (χ4v) is 2.77. The maximum atomic E-state index is 12.7. The molecule has 152 valence electrons. The van der Waals surface area contributed by atoms with E-state index in [2.05, 4.69) is 14.7 Å². The van der Waals surface area contributed by atoms with E-state index in [-0.39, 0.29) is 29.8 Å². The summed E-state index contributed by atoms with van der Waals surface area (Å²) in [5.74, 6) is -0.289. The van der Waals surface area contributed by atoms with Gasteiger partial charge in [0.1, 0.15) is 29.9 Å². The highest BCUT2D eigenvalue weighted by atomic mass is 16.6. The molecule has 28 heavy (non-hydrogen) atoms. The average molecular weight is 393 g/mol. The second-order valence-corrected chi connectivity index (χ2v) is 7.72. The van der Waals surface area contributed by atoms with Gasteiger partial charge in [-0.3, -0.25) is 4.90 Å². The zero-order valence-electron chi connectivity index (χ0n) is 16.6. The summed E-state index contributed by atoms with van der Waals surface area (Å²) in [5, 5.41) is 0. The quantitative estimate of drug-likeness (QED) is 0.725. The van der Waals surface area contributed by atoms with Crippen molar-refractivity contribution in [2.75, 3.05) is 13.7 Å². The zero-order valence-corrected chi connectivity index (χ0v) is 16.6. The number of hydrogen-bond acceptors (Lipinski definition) is 9. The summed E-state index contributed by atoms with van der Waals surface area (Å²) in [6.07, 6.45) is 1.97. The van der Waals surface area contributed by atoms with Crippen LogP contribution in [-0.4, -0.2) is 52.0 Å². The highest BCUT2D eigenvalue weighted by Crippen LogP contribution is 2.38. The van der Waals surface area contributed by atoms with Gasteiger partial charge in [0, 0.05) is 0 Å². The van der Waals surface area contributed by atoms with Crippen LogP contribution in [-0.2, 0) is 14.2 Å². The minimum Gasteiger partial charge on any atom is -0.464 e. The van der Waals surface area contributed by atoms with E-state index in [4.69, 9.17) is 18.3 Å². The van der Waals surface area contributed by atoms with Crippen molar-refractivity contribution in [1.29, 1.82) is 0 Å². The molecular weight excluding hydrogens is 370 g/mol. The van der Waals surface area contributed by atoms with Crippen molar-refractivity contribution in [3.8, 4) is 11.6 Å². The summed E-state index contributed by atoms with van der Waals surface area (Å²) >= 11 is 0. The first-order valence-corrected chi connectivity index (χ1v) is 8.68. The second-order valence-electron chi connectivity index (χ2n) is 7.72. The van der Waals surface area contributed by atoms with Crippen molar-refractivity contribution in [3.05, 3.63) is 24.1 Å². The van der Waals surface area contributed by atoms with Crippen LogP contribution in [0.5, 0.6) is 0 Å². The molecule has 0 aliphatic carbocycles. The Hall–Kier alpha value is -2.88. The lowest BCUT2D eigenvalue weighted by Crippen LogP contribution is -2.47. The van der Waals surface area contributed by atoms with Gasteiger partial charge in [-0.1, -0.05) is 0 Å². The van der Waals surface area contributed by atoms with E-state index < -0.39 is 29.4 Å². The molecule has 1 fully saturated rings. The van der Waals surface area contributed by atoms with Crippen LogP contribution in [0.25, 0.3) is 11.6 Å². The van der Waals surface area contributed by atoms with E-state index in [0.29, 0.717) is 0 Å². The molecule has 1 aliphatic rings. The van der Waals surface area contributed by atoms with Crippen LogP contribution in [0.15, 0.2) is 21.4 Å². The molecule has 1 amide bonds. The number of amides is 1. The molecule has 10 nitrogen and oxygen atoms in total. The lowest BCUT2D eigenvalue weighted by molar-refractivity contribution is -0.0634. The van der Waals surface area contributed by atoms with Gasteiger partial charge in [0.2, 0.25) is 11.8 Å². The fourth-order valence-electron chi connectivity index (χ4n) is 2.77. The molecule has 2 aromatic heterocycles. The van der Waals surface area contributed by atoms with Crippen LogP contribution in [0.4, 0.5) is 4.79 Å². The maximum absolute atomic E-state index is 12.7. The lowest BCUT2D eigenvalue weighted by atomic mass is 10.2. The van der Waals surface area contributed by atoms with Gasteiger partial charge in [-0.2, -0.15) is 0 Å². The number of ether oxygens (including phenoxy) is 3. The second kappa shape index (κ2) is 6.93. The molecule has 0 saturated carbocycles. The summed E-state index contributed by atoms with van der Waals surface area (Å²) in [5.41, 5.74) is -1.27. The summed E-state index contributed by atoms with van der Waals surface area (Å²) in [7, 11) is 1.25. The monoisotopic (exact) mass is 393 g/mol. The van der Waals surface area contributed by atoms with E-state index in [1.165, 1.54) is 24.5 Å². The molecule has 0 bridgehead atoms. The molecule has 10 heteroatoms. The third-order valence-electron chi connectivity index (χ3n) is 4.00. The minimum atomic E-state index is -0.900. The van der Waals surface area contributed by atoms with E-state index in [0.717, 1.165) is 0 Å². The Kier molecular flexibility index (Phi) is 4.92. The number of carbonyl (C=O) groups excluding carboxylic acids is 2. The van der Waals surface area contributed by atoms with E-state index in [1.54, 1.807) is 34.6 Å². The first kappa shape index (κ1) is 19.9. The van der Waals surface area contributed by atoms with Gasteiger partial charge in [-0.05, 0) is 34.6 Å². The van der Waals surface area contributed by atoms with Gasteiger partial charge >= 0.3 is 12.1 Å². The van der Waals surface area contributed by atoms with Crippen LogP contribution >= 0.6 is 0 Å². The van der Waals surface area contributed by atoms with E-state index in [9.17, 15) is 9.59 Å². The number of methoxy groups -OCH3 is 1. The van der Waals surface area contributed by atoms with Crippen LogP contribution in [0.2, 0.25) is 0 Å². The Bertz CT molecular complexity index is 878. The molecule has 2 aromatic rings. The third kappa shape index (κ3) is 3.86. The molecule has 0 radical (unpaired) electrons. The Morgan fingerprint density at radius 1 is 1.21 bits per heavy atom. The predicted octanol–water partition coefficient (Wildman–Crippen LogP) is 3.16. The van der Waals surface area contributed by atoms with Crippen LogP contribution in [0, 0.1) is 0 Å². The normalized spacial score (nSPS) is 18.9. The number of esters is 1. The molecular formula is C18H23N3O7. The first-order chi connectivity index (χ1) is 13.0. The van der Waals surface area contributed by atoms with Crippen molar-refractivity contribution in [1.82, 2.24) is 14.9 Å². The highest BCUT2D eigenvalue weighted by Gasteiger charge is 2.48.